The van der Waals surface area contributed by atoms with Crippen molar-refractivity contribution in [3.63, 3.8) is 0 Å². The minimum Gasteiger partial charge on any atom is -0.352 e. The molecule has 3 aromatic carbocycles. The number of benzene rings is 3. The van der Waals surface area contributed by atoms with Gasteiger partial charge in [-0.3, -0.25) is 14.4 Å². The maximum absolute atomic E-state index is 12.9. The number of nitrogens with one attached hydrogen (secondary N) is 2. The highest BCUT2D eigenvalue weighted by Gasteiger charge is 2.35. The molecule has 0 bridgehead atoms. The number of halogens is 1. The summed E-state index contributed by atoms with van der Waals surface area (Å²) in [6.07, 6.45) is 0.825. The van der Waals surface area contributed by atoms with E-state index in [0.717, 1.165) is 5.56 Å². The van der Waals surface area contributed by atoms with Crippen LogP contribution in [0.1, 0.15) is 22.3 Å². The SMILES string of the molecule is O=C(NCCc1ccccc1)c1ccccc1NC(=O)[C@H]1CC(=O)N(c2ccc(Cl)cc2)C1. The Kier molecular flexibility index (Phi) is 7.05. The van der Waals surface area contributed by atoms with E-state index in [1.165, 1.54) is 0 Å². The van der Waals surface area contributed by atoms with E-state index < -0.39 is 5.92 Å². The third-order valence-electron chi connectivity index (χ3n) is 5.61. The number of hydrogen-bond donors (Lipinski definition) is 2. The molecule has 3 amide bonds. The standard InChI is InChI=1S/C26H24ClN3O3/c27-20-10-12-21(13-11-20)30-17-19(16-24(30)31)25(32)29-23-9-5-4-8-22(23)26(33)28-15-14-18-6-2-1-3-7-18/h1-13,19H,14-17H2,(H,28,33)(H,29,32)/t19-/m0/s1. The van der Waals surface area contributed by atoms with Crippen LogP contribution in [0.2, 0.25) is 5.02 Å². The van der Waals surface area contributed by atoms with E-state index in [0.29, 0.717) is 34.9 Å². The van der Waals surface area contributed by atoms with Crippen molar-refractivity contribution in [1.29, 1.82) is 0 Å². The molecule has 2 N–H and O–H groups in total. The Morgan fingerprint density at radius 3 is 2.39 bits per heavy atom. The fourth-order valence-corrected chi connectivity index (χ4v) is 3.96. The van der Waals surface area contributed by atoms with Gasteiger partial charge in [-0.15, -0.1) is 0 Å². The van der Waals surface area contributed by atoms with E-state index in [-0.39, 0.29) is 30.7 Å². The molecule has 1 atom stereocenters. The summed E-state index contributed by atoms with van der Waals surface area (Å²) in [5.74, 6) is -1.18. The molecule has 0 spiro atoms. The number of anilines is 2. The Labute approximate surface area is 197 Å². The molecule has 0 saturated carbocycles. The van der Waals surface area contributed by atoms with Crippen molar-refractivity contribution in [3.8, 4) is 0 Å². The van der Waals surface area contributed by atoms with Gasteiger partial charge in [-0.25, -0.2) is 0 Å². The van der Waals surface area contributed by atoms with Crippen molar-refractivity contribution in [2.75, 3.05) is 23.3 Å². The third-order valence-corrected chi connectivity index (χ3v) is 5.86. The first-order valence-electron chi connectivity index (χ1n) is 10.8. The molecule has 1 heterocycles. The zero-order chi connectivity index (χ0) is 23.2. The number of amides is 3. The van der Waals surface area contributed by atoms with E-state index in [4.69, 9.17) is 11.6 Å². The average Bonchev–Trinajstić information content (AvgIpc) is 3.22. The predicted molar refractivity (Wildman–Crippen MR) is 129 cm³/mol. The number of para-hydroxylation sites is 1. The van der Waals surface area contributed by atoms with Crippen LogP contribution in [-0.4, -0.2) is 30.8 Å². The molecular formula is C26H24ClN3O3. The van der Waals surface area contributed by atoms with Crippen LogP contribution in [0.5, 0.6) is 0 Å². The summed E-state index contributed by atoms with van der Waals surface area (Å²) >= 11 is 5.93. The summed E-state index contributed by atoms with van der Waals surface area (Å²) in [7, 11) is 0. The number of rotatable bonds is 7. The second kappa shape index (κ2) is 10.3. The van der Waals surface area contributed by atoms with Crippen LogP contribution in [0.15, 0.2) is 78.9 Å². The second-order valence-corrected chi connectivity index (χ2v) is 8.34. The Bertz CT molecular complexity index is 1150. The smallest absolute Gasteiger partial charge is 0.253 e. The molecule has 0 unspecified atom stereocenters. The van der Waals surface area contributed by atoms with Gasteiger partial charge in [0.25, 0.3) is 5.91 Å². The maximum atomic E-state index is 12.9. The zero-order valence-corrected chi connectivity index (χ0v) is 18.7. The summed E-state index contributed by atoms with van der Waals surface area (Å²) in [6, 6.07) is 23.7. The highest BCUT2D eigenvalue weighted by Crippen LogP contribution is 2.27. The lowest BCUT2D eigenvalue weighted by Crippen LogP contribution is -2.30. The molecular weight excluding hydrogens is 438 g/mol. The highest BCUT2D eigenvalue weighted by atomic mass is 35.5. The number of nitrogens with zero attached hydrogens (tertiary/aromatic N) is 1. The van der Waals surface area contributed by atoms with Crippen molar-refractivity contribution in [1.82, 2.24) is 5.32 Å². The highest BCUT2D eigenvalue weighted by molar-refractivity contribution is 6.30. The molecule has 33 heavy (non-hydrogen) atoms. The maximum Gasteiger partial charge on any atom is 0.253 e. The third kappa shape index (κ3) is 5.59. The van der Waals surface area contributed by atoms with Crippen LogP contribution < -0.4 is 15.5 Å². The van der Waals surface area contributed by atoms with E-state index in [9.17, 15) is 14.4 Å². The van der Waals surface area contributed by atoms with Crippen molar-refractivity contribution < 1.29 is 14.4 Å². The summed E-state index contributed by atoms with van der Waals surface area (Å²) in [5, 5.41) is 6.33. The molecule has 1 saturated heterocycles. The number of carbonyl (C=O) groups excluding carboxylic acids is 3. The zero-order valence-electron chi connectivity index (χ0n) is 18.0. The van der Waals surface area contributed by atoms with Crippen LogP contribution in [-0.2, 0) is 16.0 Å². The lowest BCUT2D eigenvalue weighted by atomic mass is 10.1. The van der Waals surface area contributed by atoms with Gasteiger partial charge in [0.2, 0.25) is 11.8 Å². The van der Waals surface area contributed by atoms with Gasteiger partial charge in [0.15, 0.2) is 0 Å². The van der Waals surface area contributed by atoms with Crippen LogP contribution >= 0.6 is 11.6 Å². The molecule has 4 rings (SSSR count). The van der Waals surface area contributed by atoms with Gasteiger partial charge in [0.05, 0.1) is 17.2 Å². The van der Waals surface area contributed by atoms with Crippen LogP contribution in [0.4, 0.5) is 11.4 Å². The summed E-state index contributed by atoms with van der Waals surface area (Å²) in [5.41, 5.74) is 2.66. The molecule has 0 radical (unpaired) electrons. The topological polar surface area (TPSA) is 78.5 Å². The van der Waals surface area contributed by atoms with E-state index >= 15 is 0 Å². The van der Waals surface area contributed by atoms with Gasteiger partial charge in [0, 0.05) is 30.2 Å². The van der Waals surface area contributed by atoms with Crippen molar-refractivity contribution in [2.45, 2.75) is 12.8 Å². The molecule has 6 nitrogen and oxygen atoms in total. The van der Waals surface area contributed by atoms with E-state index in [1.807, 2.05) is 30.3 Å². The minimum atomic E-state index is -0.512. The van der Waals surface area contributed by atoms with Gasteiger partial charge in [-0.1, -0.05) is 54.1 Å². The fourth-order valence-electron chi connectivity index (χ4n) is 3.84. The fraction of sp³-hybridized carbons (Fsp3) is 0.192. The summed E-state index contributed by atoms with van der Waals surface area (Å²) in [4.78, 5) is 39.7. The quantitative estimate of drug-likeness (QED) is 0.550. The molecule has 0 aromatic heterocycles. The molecule has 3 aromatic rings. The first kappa shape index (κ1) is 22.6. The molecule has 1 aliphatic heterocycles. The van der Waals surface area contributed by atoms with Crippen LogP contribution in [0.25, 0.3) is 0 Å². The number of carbonyl (C=O) groups is 3. The van der Waals surface area contributed by atoms with Gasteiger partial charge < -0.3 is 15.5 Å². The van der Waals surface area contributed by atoms with Gasteiger partial charge in [0.1, 0.15) is 0 Å². The van der Waals surface area contributed by atoms with Crippen molar-refractivity contribution in [3.05, 3.63) is 95.0 Å². The average molecular weight is 462 g/mol. The monoisotopic (exact) mass is 461 g/mol. The second-order valence-electron chi connectivity index (χ2n) is 7.91. The predicted octanol–water partition coefficient (Wildman–Crippen LogP) is 4.30. The largest absolute Gasteiger partial charge is 0.352 e. The van der Waals surface area contributed by atoms with Gasteiger partial charge in [-0.05, 0) is 48.4 Å². The molecule has 7 heteroatoms. The van der Waals surface area contributed by atoms with Crippen molar-refractivity contribution >= 4 is 40.7 Å². The summed E-state index contributed by atoms with van der Waals surface area (Å²) in [6.45, 7) is 0.760. The van der Waals surface area contributed by atoms with E-state index in [2.05, 4.69) is 10.6 Å². The van der Waals surface area contributed by atoms with Gasteiger partial charge >= 0.3 is 0 Å². The molecule has 1 aliphatic rings. The lowest BCUT2D eigenvalue weighted by molar-refractivity contribution is -0.122. The van der Waals surface area contributed by atoms with E-state index in [1.54, 1.807) is 53.4 Å². The first-order valence-corrected chi connectivity index (χ1v) is 11.2. The normalized spacial score (nSPS) is 15.4. The Morgan fingerprint density at radius 2 is 1.64 bits per heavy atom. The molecule has 168 valence electrons. The first-order chi connectivity index (χ1) is 16.0. The van der Waals surface area contributed by atoms with Crippen LogP contribution in [0.3, 0.4) is 0 Å². The summed E-state index contributed by atoms with van der Waals surface area (Å²) < 4.78 is 0. The molecule has 1 fully saturated rings. The Hall–Kier alpha value is -3.64. The number of hydrogen-bond acceptors (Lipinski definition) is 3. The molecule has 0 aliphatic carbocycles. The minimum absolute atomic E-state index is 0.111. The Morgan fingerprint density at radius 1 is 0.939 bits per heavy atom. The van der Waals surface area contributed by atoms with Crippen molar-refractivity contribution in [2.24, 2.45) is 5.92 Å². The van der Waals surface area contributed by atoms with Gasteiger partial charge in [-0.2, -0.15) is 0 Å². The Balaban J connectivity index is 1.38. The van der Waals surface area contributed by atoms with Crippen LogP contribution in [0, 0.1) is 5.92 Å². The lowest BCUT2D eigenvalue weighted by Gasteiger charge is -2.17.